The number of aliphatic hydroxyl groups is 1. The van der Waals surface area contributed by atoms with Gasteiger partial charge >= 0.3 is 6.18 Å². The van der Waals surface area contributed by atoms with Crippen LogP contribution in [0.3, 0.4) is 0 Å². The van der Waals surface area contributed by atoms with Crippen LogP contribution in [0.2, 0.25) is 0 Å². The van der Waals surface area contributed by atoms with Crippen LogP contribution < -0.4 is 11.1 Å². The van der Waals surface area contributed by atoms with Crippen LogP contribution in [-0.4, -0.2) is 35.9 Å². The van der Waals surface area contributed by atoms with E-state index >= 15 is 0 Å². The maximum Gasteiger partial charge on any atom is 0.416 e. The van der Waals surface area contributed by atoms with E-state index in [-0.39, 0.29) is 11.8 Å². The monoisotopic (exact) mass is 270 g/mol. The highest BCUT2D eigenvalue weighted by molar-refractivity contribution is 5.76. The Morgan fingerprint density at radius 1 is 1.33 bits per heavy atom. The number of hydrogen-bond donors (Lipinski definition) is 3. The molecule has 0 heterocycles. The number of halogens is 3. The summed E-state index contributed by atoms with van der Waals surface area (Å²) in [6.45, 7) is 5.03. The van der Waals surface area contributed by atoms with Crippen LogP contribution in [0.15, 0.2) is 0 Å². The largest absolute Gasteiger partial charge is 0.416 e. The fraction of sp³-hybridized carbons (Fsp3) is 0.909. The summed E-state index contributed by atoms with van der Waals surface area (Å²) in [6, 6.07) is -0.409. The molecule has 0 aromatic carbocycles. The molecule has 0 spiro atoms. The van der Waals surface area contributed by atoms with Gasteiger partial charge in [-0.1, -0.05) is 20.8 Å². The molecule has 0 aromatic rings. The maximum atomic E-state index is 12.0. The lowest BCUT2D eigenvalue weighted by molar-refractivity contribution is -0.201. The van der Waals surface area contributed by atoms with E-state index in [0.717, 1.165) is 0 Å². The zero-order valence-corrected chi connectivity index (χ0v) is 10.8. The van der Waals surface area contributed by atoms with Crippen molar-refractivity contribution in [3.8, 4) is 0 Å². The first-order chi connectivity index (χ1) is 7.92. The molecule has 0 aromatic heterocycles. The van der Waals surface area contributed by atoms with Crippen molar-refractivity contribution in [2.75, 3.05) is 6.54 Å². The SMILES string of the molecule is CC(C)(C)CC(N)CC(=O)NCC(O)C(F)(F)F. The number of carbonyl (C=O) groups is 1. The number of alkyl halides is 3. The fourth-order valence-electron chi connectivity index (χ4n) is 1.50. The number of carbonyl (C=O) groups excluding carboxylic acids is 1. The van der Waals surface area contributed by atoms with Crippen LogP contribution in [-0.2, 0) is 4.79 Å². The van der Waals surface area contributed by atoms with Gasteiger partial charge in [0.2, 0.25) is 5.91 Å². The molecule has 0 rings (SSSR count). The van der Waals surface area contributed by atoms with Crippen molar-refractivity contribution in [2.45, 2.75) is 51.9 Å². The second-order valence-corrected chi connectivity index (χ2v) is 5.59. The third-order valence-corrected chi connectivity index (χ3v) is 2.19. The summed E-state index contributed by atoms with van der Waals surface area (Å²) >= 11 is 0. The smallest absolute Gasteiger partial charge is 0.382 e. The summed E-state index contributed by atoms with van der Waals surface area (Å²) in [5.74, 6) is -0.588. The Morgan fingerprint density at radius 2 is 1.83 bits per heavy atom. The first kappa shape index (κ1) is 17.2. The summed E-state index contributed by atoms with van der Waals surface area (Å²) in [7, 11) is 0. The van der Waals surface area contributed by atoms with Crippen LogP contribution in [0.25, 0.3) is 0 Å². The first-order valence-electron chi connectivity index (χ1n) is 5.69. The van der Waals surface area contributed by atoms with E-state index in [2.05, 4.69) is 0 Å². The molecule has 7 heteroatoms. The highest BCUT2D eigenvalue weighted by Crippen LogP contribution is 2.21. The van der Waals surface area contributed by atoms with Gasteiger partial charge < -0.3 is 16.2 Å². The molecule has 0 saturated heterocycles. The molecule has 18 heavy (non-hydrogen) atoms. The molecule has 0 saturated carbocycles. The maximum absolute atomic E-state index is 12.0. The average Bonchev–Trinajstić information content (AvgIpc) is 2.08. The minimum absolute atomic E-state index is 0.0504. The number of aliphatic hydroxyl groups excluding tert-OH is 1. The molecule has 2 atom stereocenters. The standard InChI is InChI=1S/C11H21F3N2O2/c1-10(2,3)5-7(15)4-9(18)16-6-8(17)11(12,13)14/h7-8,17H,4-6,15H2,1-3H3,(H,16,18). The van der Waals surface area contributed by atoms with Gasteiger partial charge in [-0.3, -0.25) is 4.79 Å². The Labute approximate surface area is 105 Å². The quantitative estimate of drug-likeness (QED) is 0.702. The number of nitrogens with one attached hydrogen (secondary N) is 1. The molecule has 108 valence electrons. The Kier molecular flexibility index (Phi) is 6.09. The van der Waals surface area contributed by atoms with Gasteiger partial charge in [-0.05, 0) is 11.8 Å². The fourth-order valence-corrected chi connectivity index (χ4v) is 1.50. The number of nitrogens with two attached hydrogens (primary N) is 1. The van der Waals surface area contributed by atoms with E-state index in [0.29, 0.717) is 6.42 Å². The molecule has 0 aliphatic carbocycles. The van der Waals surface area contributed by atoms with Gasteiger partial charge in [-0.2, -0.15) is 13.2 Å². The predicted molar refractivity (Wildman–Crippen MR) is 61.7 cm³/mol. The van der Waals surface area contributed by atoms with Crippen molar-refractivity contribution < 1.29 is 23.1 Å². The Bertz CT molecular complexity index is 274. The second kappa shape index (κ2) is 6.38. The van der Waals surface area contributed by atoms with Crippen molar-refractivity contribution in [1.29, 1.82) is 0 Å². The highest BCUT2D eigenvalue weighted by atomic mass is 19.4. The van der Waals surface area contributed by atoms with Crippen LogP contribution in [0, 0.1) is 5.41 Å². The Morgan fingerprint density at radius 3 is 2.22 bits per heavy atom. The van der Waals surface area contributed by atoms with E-state index in [1.54, 1.807) is 0 Å². The van der Waals surface area contributed by atoms with Gasteiger partial charge in [0, 0.05) is 12.5 Å². The van der Waals surface area contributed by atoms with E-state index in [9.17, 15) is 18.0 Å². The molecule has 0 radical (unpaired) electrons. The molecule has 0 fully saturated rings. The van der Waals surface area contributed by atoms with Gasteiger partial charge in [0.05, 0.1) is 6.54 Å². The van der Waals surface area contributed by atoms with Gasteiger partial charge in [0.15, 0.2) is 6.10 Å². The topological polar surface area (TPSA) is 75.4 Å². The van der Waals surface area contributed by atoms with Crippen molar-refractivity contribution >= 4 is 5.91 Å². The third-order valence-electron chi connectivity index (χ3n) is 2.19. The number of hydrogen-bond acceptors (Lipinski definition) is 3. The predicted octanol–water partition coefficient (Wildman–Crippen LogP) is 1.18. The summed E-state index contributed by atoms with van der Waals surface area (Å²) in [4.78, 5) is 11.3. The zero-order chi connectivity index (χ0) is 14.6. The second-order valence-electron chi connectivity index (χ2n) is 5.59. The van der Waals surface area contributed by atoms with Crippen LogP contribution >= 0.6 is 0 Å². The summed E-state index contributed by atoms with van der Waals surface area (Å²) in [6.07, 6.45) is -6.73. The molecular weight excluding hydrogens is 249 g/mol. The van der Waals surface area contributed by atoms with Gasteiger partial charge in [0.1, 0.15) is 0 Å². The van der Waals surface area contributed by atoms with Crippen molar-refractivity contribution in [2.24, 2.45) is 11.1 Å². The van der Waals surface area contributed by atoms with Gasteiger partial charge in [0.25, 0.3) is 0 Å². The highest BCUT2D eigenvalue weighted by Gasteiger charge is 2.38. The average molecular weight is 270 g/mol. The Balaban J connectivity index is 3.99. The van der Waals surface area contributed by atoms with E-state index in [4.69, 9.17) is 10.8 Å². The number of amides is 1. The molecule has 1 amide bonds. The Hall–Kier alpha value is -0.820. The van der Waals surface area contributed by atoms with E-state index in [1.165, 1.54) is 0 Å². The normalized spacial score (nSPS) is 16.2. The third kappa shape index (κ3) is 8.30. The minimum atomic E-state index is -4.72. The number of rotatable bonds is 5. The zero-order valence-electron chi connectivity index (χ0n) is 10.8. The summed E-state index contributed by atoms with van der Waals surface area (Å²) in [5, 5.41) is 10.7. The first-order valence-corrected chi connectivity index (χ1v) is 5.69. The lowest BCUT2D eigenvalue weighted by atomic mass is 9.87. The van der Waals surface area contributed by atoms with Crippen LogP contribution in [0.4, 0.5) is 13.2 Å². The van der Waals surface area contributed by atoms with Crippen LogP contribution in [0.1, 0.15) is 33.6 Å². The molecule has 0 aliphatic rings. The summed E-state index contributed by atoms with van der Waals surface area (Å²) < 4.78 is 35.9. The van der Waals surface area contributed by atoms with Crippen LogP contribution in [0.5, 0.6) is 0 Å². The van der Waals surface area contributed by atoms with E-state index < -0.39 is 30.8 Å². The molecule has 4 nitrogen and oxygen atoms in total. The van der Waals surface area contributed by atoms with Gasteiger partial charge in [-0.15, -0.1) is 0 Å². The van der Waals surface area contributed by atoms with E-state index in [1.807, 2.05) is 26.1 Å². The molecule has 4 N–H and O–H groups in total. The molecule has 0 bridgehead atoms. The lowest BCUT2D eigenvalue weighted by Gasteiger charge is -2.23. The minimum Gasteiger partial charge on any atom is -0.382 e. The molecule has 2 unspecified atom stereocenters. The van der Waals surface area contributed by atoms with Crippen molar-refractivity contribution in [1.82, 2.24) is 5.32 Å². The van der Waals surface area contributed by atoms with Gasteiger partial charge in [-0.25, -0.2) is 0 Å². The lowest BCUT2D eigenvalue weighted by Crippen LogP contribution is -2.42. The molecular formula is C11H21F3N2O2. The summed E-state index contributed by atoms with van der Waals surface area (Å²) in [5.41, 5.74) is 5.66. The van der Waals surface area contributed by atoms with Crippen molar-refractivity contribution in [3.63, 3.8) is 0 Å². The van der Waals surface area contributed by atoms with Crippen molar-refractivity contribution in [3.05, 3.63) is 0 Å². The molecule has 0 aliphatic heterocycles.